The molecule has 4 aliphatic heterocycles. The van der Waals surface area contributed by atoms with E-state index in [0.717, 1.165) is 57.4 Å². The number of amides is 2. The Bertz CT molecular complexity index is 1090. The Hall–Kier alpha value is -1.88. The average molecular weight is 525 g/mol. The lowest BCUT2D eigenvalue weighted by Crippen LogP contribution is -2.56. The van der Waals surface area contributed by atoms with E-state index in [-0.39, 0.29) is 36.7 Å². The van der Waals surface area contributed by atoms with Crippen LogP contribution in [0.15, 0.2) is 23.1 Å². The van der Waals surface area contributed by atoms with Crippen LogP contribution in [0.4, 0.5) is 4.79 Å². The third kappa shape index (κ3) is 4.77. The van der Waals surface area contributed by atoms with Crippen molar-refractivity contribution in [3.05, 3.63) is 28.8 Å². The number of halogens is 1. The Morgan fingerprint density at radius 2 is 1.80 bits per heavy atom. The van der Waals surface area contributed by atoms with Gasteiger partial charge in [-0.05, 0) is 55.9 Å². The van der Waals surface area contributed by atoms with Gasteiger partial charge in [-0.2, -0.15) is 4.31 Å². The molecule has 9 nitrogen and oxygen atoms in total. The Balaban J connectivity index is 1.19. The van der Waals surface area contributed by atoms with Gasteiger partial charge in [0.2, 0.25) is 15.9 Å². The van der Waals surface area contributed by atoms with Gasteiger partial charge in [-0.25, -0.2) is 13.2 Å². The highest BCUT2D eigenvalue weighted by Crippen LogP contribution is 2.47. The summed E-state index contributed by atoms with van der Waals surface area (Å²) in [6.07, 6.45) is 3.80. The molecule has 3 saturated heterocycles. The highest BCUT2D eigenvalue weighted by Gasteiger charge is 2.48. The highest BCUT2D eigenvalue weighted by molar-refractivity contribution is 7.89. The number of piperazine rings is 1. The van der Waals surface area contributed by atoms with Crippen LogP contribution in [0.5, 0.6) is 0 Å². The first kappa shape index (κ1) is 24.8. The summed E-state index contributed by atoms with van der Waals surface area (Å²) in [5.74, 6) is 0.106. The van der Waals surface area contributed by atoms with E-state index >= 15 is 0 Å². The molecule has 5 rings (SSSR count). The van der Waals surface area contributed by atoms with E-state index in [9.17, 15) is 18.0 Å². The predicted octanol–water partition coefficient (Wildman–Crippen LogP) is 2.70. The van der Waals surface area contributed by atoms with E-state index in [1.165, 1.54) is 4.31 Å². The summed E-state index contributed by atoms with van der Waals surface area (Å²) in [4.78, 5) is 30.9. The molecule has 192 valence electrons. The molecule has 2 amide bonds. The number of hydrogen-bond acceptors (Lipinski definition) is 6. The molecule has 3 fully saturated rings. The number of sulfonamides is 1. The summed E-state index contributed by atoms with van der Waals surface area (Å²) in [6.45, 7) is 5.95. The molecule has 0 N–H and O–H groups in total. The molecule has 0 aliphatic carbocycles. The van der Waals surface area contributed by atoms with Gasteiger partial charge in [-0.1, -0.05) is 11.6 Å². The molecule has 0 spiro atoms. The van der Waals surface area contributed by atoms with Crippen molar-refractivity contribution in [2.24, 2.45) is 0 Å². The Kier molecular flexibility index (Phi) is 7.00. The van der Waals surface area contributed by atoms with Gasteiger partial charge < -0.3 is 14.5 Å². The normalized spacial score (nSPS) is 28.9. The number of ether oxygens (including phenoxy) is 1. The van der Waals surface area contributed by atoms with Crippen molar-refractivity contribution in [3.8, 4) is 0 Å². The van der Waals surface area contributed by atoms with Crippen molar-refractivity contribution in [2.75, 3.05) is 45.9 Å². The van der Waals surface area contributed by atoms with Crippen LogP contribution < -0.4 is 0 Å². The van der Waals surface area contributed by atoms with Crippen molar-refractivity contribution < 1.29 is 22.7 Å². The molecule has 11 heteroatoms. The minimum atomic E-state index is -3.64. The van der Waals surface area contributed by atoms with Crippen LogP contribution in [0.3, 0.4) is 0 Å². The molecule has 1 aromatic rings. The fraction of sp³-hybridized carbons (Fsp3) is 0.667. The SMILES string of the molecule is CC(=O)N1CCN(C2CCCN(C(=O)OC[C@H]3CCC[C@H]4c5cc(Cl)ccc5S(=O)(=O)N34)C2)CC1. The first-order valence-corrected chi connectivity index (χ1v) is 14.3. The molecule has 4 heterocycles. The largest absolute Gasteiger partial charge is 0.448 e. The summed E-state index contributed by atoms with van der Waals surface area (Å²) in [5, 5.41) is 0.525. The van der Waals surface area contributed by atoms with E-state index in [2.05, 4.69) is 4.90 Å². The topological polar surface area (TPSA) is 90.5 Å². The quantitative estimate of drug-likeness (QED) is 0.604. The summed E-state index contributed by atoms with van der Waals surface area (Å²) < 4.78 is 33.8. The number of hydrogen-bond donors (Lipinski definition) is 0. The van der Waals surface area contributed by atoms with Crippen LogP contribution in [0, 0.1) is 0 Å². The second-order valence-corrected chi connectivity index (χ2v) is 12.2. The fourth-order valence-corrected chi connectivity index (χ4v) is 8.33. The van der Waals surface area contributed by atoms with Crippen LogP contribution in [0.1, 0.15) is 50.6 Å². The second-order valence-electron chi connectivity index (χ2n) is 9.98. The highest BCUT2D eigenvalue weighted by atomic mass is 35.5. The number of rotatable bonds is 3. The van der Waals surface area contributed by atoms with Gasteiger partial charge in [0, 0.05) is 57.3 Å². The van der Waals surface area contributed by atoms with E-state index in [1.807, 2.05) is 4.90 Å². The van der Waals surface area contributed by atoms with E-state index in [4.69, 9.17) is 16.3 Å². The van der Waals surface area contributed by atoms with Crippen molar-refractivity contribution in [1.82, 2.24) is 19.0 Å². The molecular weight excluding hydrogens is 492 g/mol. The van der Waals surface area contributed by atoms with Gasteiger partial charge in [-0.3, -0.25) is 9.69 Å². The van der Waals surface area contributed by atoms with Crippen molar-refractivity contribution >= 4 is 33.6 Å². The van der Waals surface area contributed by atoms with Crippen LogP contribution in [0.25, 0.3) is 0 Å². The molecule has 0 saturated carbocycles. The number of nitrogens with zero attached hydrogens (tertiary/aromatic N) is 4. The second kappa shape index (κ2) is 9.88. The standard InChI is InChI=1S/C24H33ClN4O5S/c1-17(30)26-10-12-27(13-11-26)19-5-3-9-28(15-19)24(31)34-16-20-4-2-6-22-21-14-18(25)7-8-23(21)35(32,33)29(20)22/h7-8,14,19-20,22H,2-6,9-13,15-16H2,1H3/t19?,20-,22+/m1/s1. The molecular formula is C24H33ClN4O5S. The average Bonchev–Trinajstić information content (AvgIpc) is 3.09. The molecule has 0 aromatic heterocycles. The minimum Gasteiger partial charge on any atom is -0.448 e. The maximum atomic E-state index is 13.3. The molecule has 35 heavy (non-hydrogen) atoms. The number of likely N-dealkylation sites (tertiary alicyclic amines) is 1. The summed E-state index contributed by atoms with van der Waals surface area (Å²) in [7, 11) is -3.64. The number of piperidine rings is 2. The van der Waals surface area contributed by atoms with E-state index in [1.54, 1.807) is 30.0 Å². The van der Waals surface area contributed by atoms with Gasteiger partial charge in [0.25, 0.3) is 0 Å². The van der Waals surface area contributed by atoms with Gasteiger partial charge >= 0.3 is 6.09 Å². The van der Waals surface area contributed by atoms with Crippen LogP contribution >= 0.6 is 11.6 Å². The van der Waals surface area contributed by atoms with Crippen LogP contribution in [-0.4, -0.2) is 97.4 Å². The van der Waals surface area contributed by atoms with Gasteiger partial charge in [0.15, 0.2) is 0 Å². The summed E-state index contributed by atoms with van der Waals surface area (Å²) in [5.41, 5.74) is 0.747. The predicted molar refractivity (Wildman–Crippen MR) is 131 cm³/mol. The Morgan fingerprint density at radius 1 is 1.03 bits per heavy atom. The Morgan fingerprint density at radius 3 is 2.54 bits per heavy atom. The van der Waals surface area contributed by atoms with Crippen LogP contribution in [0.2, 0.25) is 5.02 Å². The third-order valence-electron chi connectivity index (χ3n) is 7.90. The lowest BCUT2D eigenvalue weighted by atomic mass is 9.94. The maximum Gasteiger partial charge on any atom is 0.409 e. The number of fused-ring (bicyclic) bond motifs is 3. The molecule has 1 aromatic carbocycles. The first-order chi connectivity index (χ1) is 16.8. The minimum absolute atomic E-state index is 0.0503. The zero-order chi connectivity index (χ0) is 24.7. The molecule has 0 radical (unpaired) electrons. The van der Waals surface area contributed by atoms with E-state index in [0.29, 0.717) is 29.4 Å². The van der Waals surface area contributed by atoms with Crippen molar-refractivity contribution in [1.29, 1.82) is 0 Å². The van der Waals surface area contributed by atoms with E-state index < -0.39 is 10.0 Å². The van der Waals surface area contributed by atoms with Crippen molar-refractivity contribution in [3.63, 3.8) is 0 Å². The molecule has 4 aliphatic rings. The maximum absolute atomic E-state index is 13.3. The lowest BCUT2D eigenvalue weighted by Gasteiger charge is -2.43. The zero-order valence-electron chi connectivity index (χ0n) is 20.1. The van der Waals surface area contributed by atoms with Gasteiger partial charge in [0.1, 0.15) is 6.61 Å². The van der Waals surface area contributed by atoms with Crippen molar-refractivity contribution in [2.45, 2.75) is 62.0 Å². The third-order valence-corrected chi connectivity index (χ3v) is 10.2. The Labute approximate surface area is 212 Å². The number of carbonyl (C=O) groups excluding carboxylic acids is 2. The first-order valence-electron chi connectivity index (χ1n) is 12.5. The van der Waals surface area contributed by atoms with Crippen LogP contribution in [-0.2, 0) is 19.6 Å². The fourth-order valence-electron chi connectivity index (χ4n) is 6.08. The number of carbonyl (C=O) groups is 2. The summed E-state index contributed by atoms with van der Waals surface area (Å²) in [6, 6.07) is 4.56. The molecule has 3 atom stereocenters. The van der Waals surface area contributed by atoms with Gasteiger partial charge in [-0.15, -0.1) is 0 Å². The zero-order valence-corrected chi connectivity index (χ0v) is 21.6. The lowest BCUT2D eigenvalue weighted by molar-refractivity contribution is -0.131. The molecule has 0 bridgehead atoms. The number of benzene rings is 1. The molecule has 1 unspecified atom stereocenters. The summed E-state index contributed by atoms with van der Waals surface area (Å²) >= 11 is 6.15. The monoisotopic (exact) mass is 524 g/mol. The van der Waals surface area contributed by atoms with Gasteiger partial charge in [0.05, 0.1) is 17.0 Å². The smallest absolute Gasteiger partial charge is 0.409 e.